The molecule has 0 saturated carbocycles. The molecule has 34 heavy (non-hydrogen) atoms. The van der Waals surface area contributed by atoms with E-state index in [1.54, 1.807) is 19.1 Å². The Balaban J connectivity index is 2.10. The highest BCUT2D eigenvalue weighted by molar-refractivity contribution is 7.89. The van der Waals surface area contributed by atoms with Crippen LogP contribution in [0, 0.1) is 0 Å². The molecule has 1 heterocycles. The molecule has 1 amide bonds. The lowest BCUT2D eigenvalue weighted by atomic mass is 10.2. The van der Waals surface area contributed by atoms with Crippen LogP contribution in [-0.2, 0) is 32.6 Å². The number of ether oxygens (including phenoxy) is 1. The number of hydrogen-bond acceptors (Lipinski definition) is 7. The largest absolute Gasteiger partial charge is 0.465 e. The fourth-order valence-electron chi connectivity index (χ4n) is 3.43. The zero-order chi connectivity index (χ0) is 25.2. The summed E-state index contributed by atoms with van der Waals surface area (Å²) in [6.45, 7) is 1.30. The van der Waals surface area contributed by atoms with E-state index < -0.39 is 39.6 Å². The van der Waals surface area contributed by atoms with Crippen molar-refractivity contribution in [2.24, 2.45) is 0 Å². The van der Waals surface area contributed by atoms with Crippen LogP contribution in [0.25, 0.3) is 11.0 Å². The van der Waals surface area contributed by atoms with Crippen LogP contribution >= 0.6 is 0 Å². The van der Waals surface area contributed by atoms with Crippen LogP contribution in [0.5, 0.6) is 0 Å². The number of methoxy groups -OCH3 is 1. The standard InChI is InChI=1S/C22H24N4O7S/c1-5-25-17-10-9-16(34(31,32)24(2)3)12-18(17)26(21(29)20(25)28)13-19(27)23-15-8-6-7-14(11-15)22(30)33-4/h6-12H,5,13H2,1-4H3,(H,23,27). The van der Waals surface area contributed by atoms with Gasteiger partial charge in [-0.3, -0.25) is 19.0 Å². The monoisotopic (exact) mass is 488 g/mol. The zero-order valence-electron chi connectivity index (χ0n) is 19.1. The van der Waals surface area contributed by atoms with Crippen molar-refractivity contribution in [1.82, 2.24) is 13.4 Å². The first-order valence-corrected chi connectivity index (χ1v) is 11.6. The molecular weight excluding hydrogens is 464 g/mol. The summed E-state index contributed by atoms with van der Waals surface area (Å²) in [4.78, 5) is 49.9. The summed E-state index contributed by atoms with van der Waals surface area (Å²) in [5, 5.41) is 2.57. The van der Waals surface area contributed by atoms with Gasteiger partial charge in [0, 0.05) is 26.3 Å². The molecule has 3 rings (SSSR count). The summed E-state index contributed by atoms with van der Waals surface area (Å²) in [6, 6.07) is 10.0. The Kier molecular flexibility index (Phi) is 7.03. The highest BCUT2D eigenvalue weighted by Crippen LogP contribution is 2.20. The van der Waals surface area contributed by atoms with Gasteiger partial charge in [0.05, 0.1) is 28.6 Å². The molecule has 12 heteroatoms. The molecular formula is C22H24N4O7S. The molecule has 0 aliphatic heterocycles. The van der Waals surface area contributed by atoms with Gasteiger partial charge in [0.15, 0.2) is 0 Å². The normalized spacial score (nSPS) is 11.6. The van der Waals surface area contributed by atoms with E-state index in [1.807, 2.05) is 0 Å². The molecule has 0 aliphatic carbocycles. The van der Waals surface area contributed by atoms with E-state index in [2.05, 4.69) is 10.1 Å². The summed E-state index contributed by atoms with van der Waals surface area (Å²) in [7, 11) is 0.138. The number of aryl methyl sites for hydroxylation is 1. The van der Waals surface area contributed by atoms with Gasteiger partial charge in [0.2, 0.25) is 15.9 Å². The van der Waals surface area contributed by atoms with Crippen molar-refractivity contribution in [2.75, 3.05) is 26.5 Å². The smallest absolute Gasteiger partial charge is 0.337 e. The minimum atomic E-state index is -3.83. The molecule has 0 aliphatic rings. The van der Waals surface area contributed by atoms with E-state index in [-0.39, 0.29) is 28.2 Å². The zero-order valence-corrected chi connectivity index (χ0v) is 19.9. The number of hydrogen-bond donors (Lipinski definition) is 1. The fourth-order valence-corrected chi connectivity index (χ4v) is 4.35. The van der Waals surface area contributed by atoms with E-state index in [0.717, 1.165) is 8.87 Å². The van der Waals surface area contributed by atoms with E-state index in [0.29, 0.717) is 5.52 Å². The molecule has 0 bridgehead atoms. The average molecular weight is 489 g/mol. The Morgan fingerprint density at radius 1 is 1.00 bits per heavy atom. The summed E-state index contributed by atoms with van der Waals surface area (Å²) < 4.78 is 33.1. The third-order valence-corrected chi connectivity index (χ3v) is 6.98. The lowest BCUT2D eigenvalue weighted by Gasteiger charge is -2.17. The number of carbonyl (C=O) groups excluding carboxylic acids is 2. The maximum Gasteiger partial charge on any atom is 0.337 e. The predicted molar refractivity (Wildman–Crippen MR) is 125 cm³/mol. The van der Waals surface area contributed by atoms with Gasteiger partial charge in [-0.05, 0) is 43.3 Å². The summed E-state index contributed by atoms with van der Waals surface area (Å²) in [5.74, 6) is -1.24. The van der Waals surface area contributed by atoms with Crippen molar-refractivity contribution in [2.45, 2.75) is 24.9 Å². The SMILES string of the molecule is CCn1c(=O)c(=O)n(CC(=O)Nc2cccc(C(=O)OC)c2)c2cc(S(=O)(=O)N(C)C)ccc21. The van der Waals surface area contributed by atoms with Crippen molar-refractivity contribution < 1.29 is 22.7 Å². The molecule has 0 fully saturated rings. The second-order valence-corrected chi connectivity index (χ2v) is 9.65. The number of benzene rings is 2. The number of aromatic nitrogens is 2. The van der Waals surface area contributed by atoms with Gasteiger partial charge >= 0.3 is 17.1 Å². The van der Waals surface area contributed by atoms with Crippen molar-refractivity contribution in [3.63, 3.8) is 0 Å². The molecule has 11 nitrogen and oxygen atoms in total. The molecule has 3 aromatic rings. The first kappa shape index (κ1) is 24.9. The van der Waals surface area contributed by atoms with Crippen molar-refractivity contribution in [3.05, 3.63) is 68.7 Å². The first-order chi connectivity index (χ1) is 16.0. The minimum Gasteiger partial charge on any atom is -0.465 e. The lowest BCUT2D eigenvalue weighted by Crippen LogP contribution is -2.43. The molecule has 0 atom stereocenters. The average Bonchev–Trinajstić information content (AvgIpc) is 2.81. The minimum absolute atomic E-state index is 0.0920. The Hall–Kier alpha value is -3.77. The molecule has 0 unspecified atom stereocenters. The maximum absolute atomic E-state index is 12.9. The van der Waals surface area contributed by atoms with Crippen LogP contribution in [-0.4, -0.2) is 54.9 Å². The Labute approximate surface area is 195 Å². The van der Waals surface area contributed by atoms with Crippen molar-refractivity contribution >= 4 is 38.6 Å². The fraction of sp³-hybridized carbons (Fsp3) is 0.273. The predicted octanol–water partition coefficient (Wildman–Crippen LogP) is 0.859. The molecule has 2 aromatic carbocycles. The number of carbonyl (C=O) groups is 2. The topological polar surface area (TPSA) is 137 Å². The van der Waals surface area contributed by atoms with Crippen LogP contribution in [0.3, 0.4) is 0 Å². The molecule has 0 radical (unpaired) electrons. The van der Waals surface area contributed by atoms with Gasteiger partial charge < -0.3 is 14.6 Å². The van der Waals surface area contributed by atoms with Crippen LogP contribution in [0.2, 0.25) is 0 Å². The first-order valence-electron chi connectivity index (χ1n) is 10.2. The van der Waals surface area contributed by atoms with Crippen LogP contribution in [0.15, 0.2) is 56.9 Å². The quantitative estimate of drug-likeness (QED) is 0.385. The van der Waals surface area contributed by atoms with Crippen LogP contribution < -0.4 is 16.4 Å². The Morgan fingerprint density at radius 2 is 1.68 bits per heavy atom. The number of fused-ring (bicyclic) bond motifs is 1. The molecule has 1 aromatic heterocycles. The molecule has 180 valence electrons. The van der Waals surface area contributed by atoms with Gasteiger partial charge in [0.25, 0.3) is 0 Å². The summed E-state index contributed by atoms with van der Waals surface area (Å²) in [5.41, 5.74) is -0.876. The summed E-state index contributed by atoms with van der Waals surface area (Å²) >= 11 is 0. The van der Waals surface area contributed by atoms with E-state index in [4.69, 9.17) is 0 Å². The third-order valence-electron chi connectivity index (χ3n) is 5.17. The Bertz CT molecular complexity index is 1500. The number of esters is 1. The van der Waals surface area contributed by atoms with Crippen LogP contribution in [0.4, 0.5) is 5.69 Å². The number of amides is 1. The molecule has 1 N–H and O–H groups in total. The lowest BCUT2D eigenvalue weighted by molar-refractivity contribution is -0.116. The van der Waals surface area contributed by atoms with Gasteiger partial charge in [0.1, 0.15) is 6.54 Å². The van der Waals surface area contributed by atoms with Crippen molar-refractivity contribution in [1.29, 1.82) is 0 Å². The van der Waals surface area contributed by atoms with Gasteiger partial charge in [-0.15, -0.1) is 0 Å². The maximum atomic E-state index is 12.9. The Morgan fingerprint density at radius 3 is 2.29 bits per heavy atom. The molecule has 0 spiro atoms. The van der Waals surface area contributed by atoms with E-state index in [9.17, 15) is 27.6 Å². The number of anilines is 1. The molecule has 0 saturated heterocycles. The van der Waals surface area contributed by atoms with Gasteiger partial charge in [-0.2, -0.15) is 0 Å². The van der Waals surface area contributed by atoms with E-state index >= 15 is 0 Å². The number of sulfonamides is 1. The number of nitrogens with zero attached hydrogens (tertiary/aromatic N) is 3. The number of rotatable bonds is 7. The highest BCUT2D eigenvalue weighted by Gasteiger charge is 2.21. The summed E-state index contributed by atoms with van der Waals surface area (Å²) in [6.07, 6.45) is 0. The van der Waals surface area contributed by atoms with Gasteiger partial charge in [-0.25, -0.2) is 17.5 Å². The van der Waals surface area contributed by atoms with Gasteiger partial charge in [-0.1, -0.05) is 6.07 Å². The number of nitrogens with one attached hydrogen (secondary N) is 1. The highest BCUT2D eigenvalue weighted by atomic mass is 32.2. The third kappa shape index (κ3) is 4.63. The second kappa shape index (κ2) is 9.61. The van der Waals surface area contributed by atoms with Crippen LogP contribution in [0.1, 0.15) is 17.3 Å². The van der Waals surface area contributed by atoms with E-state index in [1.165, 1.54) is 56.1 Å². The second-order valence-electron chi connectivity index (χ2n) is 7.50. The van der Waals surface area contributed by atoms with Crippen molar-refractivity contribution in [3.8, 4) is 0 Å².